The molecule has 1 unspecified atom stereocenters. The first-order valence-electron chi connectivity index (χ1n) is 8.56. The number of carbonyl (C=O) groups excluding carboxylic acids is 1. The highest BCUT2D eigenvalue weighted by Gasteiger charge is 2.18. The number of hydrogen-bond acceptors (Lipinski definition) is 3. The molecule has 2 aromatic carbocycles. The van der Waals surface area contributed by atoms with E-state index in [2.05, 4.69) is 26.4 Å². The first-order chi connectivity index (χ1) is 12.5. The third-order valence-electron chi connectivity index (χ3n) is 4.42. The number of carbonyl (C=O) groups is 1. The highest BCUT2D eigenvalue weighted by molar-refractivity contribution is 9.10. The van der Waals surface area contributed by atoms with Gasteiger partial charge < -0.3 is 9.84 Å². The summed E-state index contributed by atoms with van der Waals surface area (Å²) < 4.78 is 6.18. The monoisotopic (exact) mass is 412 g/mol. The predicted octanol–water partition coefficient (Wildman–Crippen LogP) is 4.89. The molecule has 0 saturated carbocycles. The molecule has 3 aromatic rings. The number of hydrogen-bond donors (Lipinski definition) is 1. The second-order valence-electron chi connectivity index (χ2n) is 6.27. The molecule has 3 rings (SSSR count). The zero-order chi connectivity index (χ0) is 18.5. The fraction of sp³-hybridized carbons (Fsp3) is 0.238. The lowest BCUT2D eigenvalue weighted by Gasteiger charge is -2.20. The second kappa shape index (κ2) is 8.32. The molecule has 1 amide bonds. The Morgan fingerprint density at radius 3 is 2.35 bits per heavy atom. The van der Waals surface area contributed by atoms with Crippen molar-refractivity contribution in [3.63, 3.8) is 0 Å². The summed E-state index contributed by atoms with van der Waals surface area (Å²) in [5.41, 5.74) is 3.97. The Balaban J connectivity index is 1.75. The molecule has 1 heterocycles. The lowest BCUT2D eigenvalue weighted by molar-refractivity contribution is -0.121. The van der Waals surface area contributed by atoms with E-state index in [-0.39, 0.29) is 11.9 Å². The zero-order valence-corrected chi connectivity index (χ0v) is 16.4. The van der Waals surface area contributed by atoms with Gasteiger partial charge in [0.1, 0.15) is 5.76 Å². The summed E-state index contributed by atoms with van der Waals surface area (Å²) in [6.07, 6.45) is 1.01. The summed E-state index contributed by atoms with van der Waals surface area (Å²) in [7, 11) is 0. The average molecular weight is 413 g/mol. The van der Waals surface area contributed by atoms with Gasteiger partial charge in [0.15, 0.2) is 0 Å². The number of aryl methyl sites for hydroxylation is 2. The van der Waals surface area contributed by atoms with E-state index < -0.39 is 0 Å². The minimum Gasteiger partial charge on any atom is -0.361 e. The van der Waals surface area contributed by atoms with Crippen LogP contribution >= 0.6 is 15.9 Å². The van der Waals surface area contributed by atoms with E-state index in [1.807, 2.05) is 68.4 Å². The maximum atomic E-state index is 12.6. The number of benzene rings is 2. The summed E-state index contributed by atoms with van der Waals surface area (Å²) in [5, 5.41) is 7.11. The fourth-order valence-corrected chi connectivity index (χ4v) is 3.25. The molecular weight excluding hydrogens is 392 g/mol. The third-order valence-corrected chi connectivity index (χ3v) is 4.95. The third kappa shape index (κ3) is 4.41. The van der Waals surface area contributed by atoms with Crippen molar-refractivity contribution in [3.8, 4) is 0 Å². The van der Waals surface area contributed by atoms with Crippen molar-refractivity contribution in [2.75, 3.05) is 0 Å². The van der Waals surface area contributed by atoms with Crippen LogP contribution in [0.15, 0.2) is 63.6 Å². The van der Waals surface area contributed by atoms with E-state index in [1.54, 1.807) is 0 Å². The Morgan fingerprint density at radius 2 is 1.73 bits per heavy atom. The van der Waals surface area contributed by atoms with Crippen LogP contribution in [0.4, 0.5) is 0 Å². The van der Waals surface area contributed by atoms with Crippen LogP contribution in [0, 0.1) is 13.8 Å². The minimum absolute atomic E-state index is 0.00164. The Hall–Kier alpha value is -2.40. The van der Waals surface area contributed by atoms with Crippen molar-refractivity contribution in [1.29, 1.82) is 0 Å². The van der Waals surface area contributed by atoms with Crippen LogP contribution in [0.25, 0.3) is 0 Å². The number of amides is 1. The summed E-state index contributed by atoms with van der Waals surface area (Å²) in [6.45, 7) is 3.78. The van der Waals surface area contributed by atoms with E-state index in [0.29, 0.717) is 12.8 Å². The normalized spacial score (nSPS) is 12.0. The maximum Gasteiger partial charge on any atom is 0.221 e. The van der Waals surface area contributed by atoms with Crippen LogP contribution < -0.4 is 5.32 Å². The SMILES string of the molecule is Cc1noc(C)c1CCC(=O)NC(c1ccccc1)c1ccc(Br)cc1. The molecule has 0 aliphatic rings. The number of nitrogens with zero attached hydrogens (tertiary/aromatic N) is 1. The fourth-order valence-electron chi connectivity index (χ4n) is 2.99. The molecule has 0 saturated heterocycles. The molecule has 134 valence electrons. The number of nitrogens with one attached hydrogen (secondary N) is 1. The first kappa shape index (κ1) is 18.4. The molecule has 26 heavy (non-hydrogen) atoms. The molecule has 4 nitrogen and oxygen atoms in total. The minimum atomic E-state index is -0.179. The van der Waals surface area contributed by atoms with Gasteiger partial charge in [0.25, 0.3) is 0 Å². The van der Waals surface area contributed by atoms with Gasteiger partial charge in [-0.05, 0) is 43.5 Å². The van der Waals surface area contributed by atoms with E-state index in [9.17, 15) is 4.79 Å². The van der Waals surface area contributed by atoms with Crippen molar-refractivity contribution >= 4 is 21.8 Å². The van der Waals surface area contributed by atoms with Crippen LogP contribution in [0.2, 0.25) is 0 Å². The lowest BCUT2D eigenvalue weighted by atomic mass is 9.98. The second-order valence-corrected chi connectivity index (χ2v) is 7.18. The molecular formula is C21H21BrN2O2. The molecule has 0 spiro atoms. The van der Waals surface area contributed by atoms with Crippen LogP contribution in [0.3, 0.4) is 0 Å². The van der Waals surface area contributed by atoms with Crippen LogP contribution in [0.1, 0.15) is 40.6 Å². The largest absolute Gasteiger partial charge is 0.361 e. The van der Waals surface area contributed by atoms with Crippen molar-refractivity contribution in [2.45, 2.75) is 32.7 Å². The van der Waals surface area contributed by atoms with Gasteiger partial charge >= 0.3 is 0 Å². The number of rotatable bonds is 6. The highest BCUT2D eigenvalue weighted by atomic mass is 79.9. The standard InChI is InChI=1S/C21H21BrN2O2/c1-14-19(15(2)26-24-14)12-13-20(25)23-21(16-6-4-3-5-7-16)17-8-10-18(22)11-9-17/h3-11,21H,12-13H2,1-2H3,(H,23,25). The molecule has 0 fully saturated rings. The Morgan fingerprint density at radius 1 is 1.08 bits per heavy atom. The summed E-state index contributed by atoms with van der Waals surface area (Å²) in [6, 6.07) is 17.8. The molecule has 0 bridgehead atoms. The molecule has 5 heteroatoms. The van der Waals surface area contributed by atoms with Gasteiger partial charge in [0.05, 0.1) is 11.7 Å². The highest BCUT2D eigenvalue weighted by Crippen LogP contribution is 2.24. The van der Waals surface area contributed by atoms with Crippen molar-refractivity contribution in [3.05, 3.63) is 87.2 Å². The van der Waals surface area contributed by atoms with Gasteiger partial charge in [-0.3, -0.25) is 4.79 Å². The van der Waals surface area contributed by atoms with Crippen molar-refractivity contribution in [2.24, 2.45) is 0 Å². The van der Waals surface area contributed by atoms with Gasteiger partial charge in [-0.15, -0.1) is 0 Å². The van der Waals surface area contributed by atoms with E-state index >= 15 is 0 Å². The van der Waals surface area contributed by atoms with Gasteiger partial charge in [-0.2, -0.15) is 0 Å². The molecule has 0 radical (unpaired) electrons. The quantitative estimate of drug-likeness (QED) is 0.626. The Kier molecular flexibility index (Phi) is 5.89. The Bertz CT molecular complexity index is 853. The van der Waals surface area contributed by atoms with Crippen molar-refractivity contribution < 1.29 is 9.32 Å². The summed E-state index contributed by atoms with van der Waals surface area (Å²) in [4.78, 5) is 12.6. The Labute approximate surface area is 161 Å². The van der Waals surface area contributed by atoms with Crippen LogP contribution in [0.5, 0.6) is 0 Å². The molecule has 0 aliphatic carbocycles. The van der Waals surface area contributed by atoms with Gasteiger partial charge in [0, 0.05) is 16.5 Å². The summed E-state index contributed by atoms with van der Waals surface area (Å²) in [5.74, 6) is 0.782. The van der Waals surface area contributed by atoms with Crippen LogP contribution in [-0.2, 0) is 11.2 Å². The van der Waals surface area contributed by atoms with E-state index in [4.69, 9.17) is 4.52 Å². The number of halogens is 1. The summed E-state index contributed by atoms with van der Waals surface area (Å²) >= 11 is 3.46. The molecule has 1 atom stereocenters. The van der Waals surface area contributed by atoms with E-state index in [1.165, 1.54) is 0 Å². The first-order valence-corrected chi connectivity index (χ1v) is 9.35. The smallest absolute Gasteiger partial charge is 0.221 e. The van der Waals surface area contributed by atoms with Gasteiger partial charge in [-0.25, -0.2) is 0 Å². The van der Waals surface area contributed by atoms with E-state index in [0.717, 1.165) is 32.6 Å². The topological polar surface area (TPSA) is 55.1 Å². The maximum absolute atomic E-state index is 12.6. The average Bonchev–Trinajstić information content (AvgIpc) is 2.97. The predicted molar refractivity (Wildman–Crippen MR) is 105 cm³/mol. The molecule has 1 N–H and O–H groups in total. The zero-order valence-electron chi connectivity index (χ0n) is 14.8. The van der Waals surface area contributed by atoms with Crippen molar-refractivity contribution in [1.82, 2.24) is 10.5 Å². The lowest BCUT2D eigenvalue weighted by Crippen LogP contribution is -2.29. The van der Waals surface area contributed by atoms with Crippen LogP contribution in [-0.4, -0.2) is 11.1 Å². The number of aromatic nitrogens is 1. The molecule has 1 aromatic heterocycles. The molecule has 0 aliphatic heterocycles. The van der Waals surface area contributed by atoms with Gasteiger partial charge in [-0.1, -0.05) is 63.6 Å². The van der Waals surface area contributed by atoms with Gasteiger partial charge in [0.2, 0.25) is 5.91 Å².